The number of hydrogen-bond acceptors (Lipinski definition) is 3. The van der Waals surface area contributed by atoms with Crippen molar-refractivity contribution in [2.45, 2.75) is 0 Å². The minimum Gasteiger partial charge on any atom is -0.603 e. The molecule has 0 aliphatic carbocycles. The van der Waals surface area contributed by atoms with E-state index in [2.05, 4.69) is 15.7 Å². The van der Waals surface area contributed by atoms with Crippen LogP contribution in [0.15, 0.2) is 29.3 Å². The molecule has 0 spiro atoms. The number of rotatable bonds is 2. The maximum Gasteiger partial charge on any atom is 0.243 e. The van der Waals surface area contributed by atoms with Crippen molar-refractivity contribution in [2.24, 2.45) is 4.99 Å². The number of aliphatic hydroxyl groups is 1. The Hall–Kier alpha value is -1.63. The van der Waals surface area contributed by atoms with Gasteiger partial charge in [0.05, 0.1) is 13.2 Å². The lowest BCUT2D eigenvalue weighted by Gasteiger charge is -2.30. The van der Waals surface area contributed by atoms with Gasteiger partial charge in [0.25, 0.3) is 0 Å². The fourth-order valence-corrected chi connectivity index (χ4v) is 1.36. The highest BCUT2D eigenvalue weighted by Gasteiger charge is 2.18. The van der Waals surface area contributed by atoms with Gasteiger partial charge in [0.1, 0.15) is 5.69 Å². The second kappa shape index (κ2) is 4.26. The van der Waals surface area contributed by atoms with Crippen LogP contribution in [0.3, 0.4) is 0 Å². The smallest absolute Gasteiger partial charge is 0.243 e. The normalized spacial score (nSPS) is 21.7. The number of aliphatic hydroxyl groups excluding tert-OH is 1. The molecule has 1 heterocycles. The highest BCUT2D eigenvalue weighted by atomic mass is 16.5. The van der Waals surface area contributed by atoms with Gasteiger partial charge in [-0.25, -0.2) is 10.2 Å². The quantitative estimate of drug-likeness (QED) is 0.469. The Bertz CT molecular complexity index is 380. The summed E-state index contributed by atoms with van der Waals surface area (Å²) < 4.78 is 0. The Balaban J connectivity index is 2.22. The summed E-state index contributed by atoms with van der Waals surface area (Å²) in [6, 6.07) is 7.19. The summed E-state index contributed by atoms with van der Waals surface area (Å²) in [4.78, 5) is 3.97. The number of quaternary nitrogens is 1. The number of benzene rings is 1. The Kier molecular flexibility index (Phi) is 2.82. The topological polar surface area (TPSA) is 84.2 Å². The number of hydrogen-bond donors (Lipinski definition) is 4. The SMILES string of the molecule is [O-][NH+]1NC(=NCCO)Nc2ccccc21. The fraction of sp³-hybridized carbons (Fsp3) is 0.222. The van der Waals surface area contributed by atoms with Crippen LogP contribution in [0.4, 0.5) is 11.4 Å². The molecule has 80 valence electrons. The molecule has 0 bridgehead atoms. The van der Waals surface area contributed by atoms with Crippen LogP contribution in [0.25, 0.3) is 0 Å². The predicted molar refractivity (Wildman–Crippen MR) is 56.6 cm³/mol. The molecular formula is C9H12N4O2. The molecule has 1 aromatic rings. The maximum absolute atomic E-state index is 11.6. The molecule has 1 aliphatic rings. The molecule has 2 rings (SSSR count). The average Bonchev–Trinajstić information content (AvgIpc) is 2.26. The lowest BCUT2D eigenvalue weighted by atomic mass is 10.2. The zero-order valence-corrected chi connectivity index (χ0v) is 8.03. The van der Waals surface area contributed by atoms with Crippen molar-refractivity contribution < 1.29 is 10.3 Å². The van der Waals surface area contributed by atoms with E-state index in [4.69, 9.17) is 5.11 Å². The van der Waals surface area contributed by atoms with Crippen LogP contribution in [0.2, 0.25) is 0 Å². The third kappa shape index (κ3) is 2.07. The van der Waals surface area contributed by atoms with E-state index in [1.54, 1.807) is 12.1 Å². The molecule has 1 aliphatic heterocycles. The van der Waals surface area contributed by atoms with Gasteiger partial charge in [0.15, 0.2) is 5.69 Å². The van der Waals surface area contributed by atoms with Gasteiger partial charge < -0.3 is 15.6 Å². The molecule has 1 atom stereocenters. The zero-order valence-electron chi connectivity index (χ0n) is 8.03. The van der Waals surface area contributed by atoms with Gasteiger partial charge in [-0.05, 0) is 6.07 Å². The van der Waals surface area contributed by atoms with E-state index in [1.807, 2.05) is 12.1 Å². The molecule has 15 heavy (non-hydrogen) atoms. The molecule has 0 saturated carbocycles. The van der Waals surface area contributed by atoms with Gasteiger partial charge in [-0.2, -0.15) is 5.43 Å². The first kappa shape index (κ1) is 9.91. The van der Waals surface area contributed by atoms with Gasteiger partial charge in [-0.15, -0.1) is 0 Å². The van der Waals surface area contributed by atoms with Crippen molar-refractivity contribution in [3.63, 3.8) is 0 Å². The third-order valence-electron chi connectivity index (χ3n) is 2.03. The average molecular weight is 208 g/mol. The first-order chi connectivity index (χ1) is 7.31. The molecule has 1 aromatic carbocycles. The number of para-hydroxylation sites is 2. The molecule has 0 fully saturated rings. The van der Waals surface area contributed by atoms with Crippen LogP contribution in [0, 0.1) is 5.21 Å². The Morgan fingerprint density at radius 1 is 1.40 bits per heavy atom. The van der Waals surface area contributed by atoms with Gasteiger partial charge in [-0.3, -0.25) is 0 Å². The van der Waals surface area contributed by atoms with Gasteiger partial charge in [0, 0.05) is 6.07 Å². The molecule has 6 heteroatoms. The van der Waals surface area contributed by atoms with Crippen LogP contribution >= 0.6 is 0 Å². The number of aliphatic imine (C=N–C) groups is 1. The van der Waals surface area contributed by atoms with E-state index < -0.39 is 0 Å². The Morgan fingerprint density at radius 2 is 2.20 bits per heavy atom. The van der Waals surface area contributed by atoms with E-state index >= 15 is 0 Å². The second-order valence-electron chi connectivity index (χ2n) is 3.08. The molecule has 0 saturated heterocycles. The summed E-state index contributed by atoms with van der Waals surface area (Å²) in [5.41, 5.74) is 3.93. The van der Waals surface area contributed by atoms with Crippen molar-refractivity contribution in [1.82, 2.24) is 5.43 Å². The van der Waals surface area contributed by atoms with Crippen molar-refractivity contribution in [3.05, 3.63) is 29.5 Å². The monoisotopic (exact) mass is 208 g/mol. The summed E-state index contributed by atoms with van der Waals surface area (Å²) in [5.74, 6) is 0.382. The Morgan fingerprint density at radius 3 is 3.00 bits per heavy atom. The van der Waals surface area contributed by atoms with E-state index in [1.165, 1.54) is 0 Å². The van der Waals surface area contributed by atoms with E-state index in [0.29, 0.717) is 11.6 Å². The lowest BCUT2D eigenvalue weighted by molar-refractivity contribution is -0.816. The fourth-order valence-electron chi connectivity index (χ4n) is 1.36. The first-order valence-electron chi connectivity index (χ1n) is 4.64. The minimum atomic E-state index is -0.180. The molecule has 6 nitrogen and oxygen atoms in total. The zero-order chi connectivity index (χ0) is 10.7. The highest BCUT2D eigenvalue weighted by molar-refractivity contribution is 5.96. The van der Waals surface area contributed by atoms with Crippen molar-refractivity contribution in [2.75, 3.05) is 18.5 Å². The molecule has 1 unspecified atom stereocenters. The van der Waals surface area contributed by atoms with Crippen LogP contribution in [-0.4, -0.2) is 24.2 Å². The largest absolute Gasteiger partial charge is 0.603 e. The summed E-state index contributed by atoms with van der Waals surface area (Å²) in [7, 11) is 0. The number of guanidine groups is 1. The maximum atomic E-state index is 11.6. The number of fused-ring (bicyclic) bond motifs is 1. The van der Waals surface area contributed by atoms with Crippen LogP contribution in [0.5, 0.6) is 0 Å². The summed E-state index contributed by atoms with van der Waals surface area (Å²) in [6.07, 6.45) is 0. The first-order valence-corrected chi connectivity index (χ1v) is 4.64. The summed E-state index contributed by atoms with van der Waals surface area (Å²) in [6.45, 7) is 0.230. The number of anilines is 1. The molecule has 4 N–H and O–H groups in total. The van der Waals surface area contributed by atoms with E-state index in [9.17, 15) is 5.21 Å². The summed E-state index contributed by atoms with van der Waals surface area (Å²) in [5, 5.41) is 23.0. The molecule has 0 radical (unpaired) electrons. The van der Waals surface area contributed by atoms with Crippen molar-refractivity contribution >= 4 is 17.3 Å². The van der Waals surface area contributed by atoms with Crippen LogP contribution in [-0.2, 0) is 0 Å². The number of nitrogens with one attached hydrogen (secondary N) is 3. The van der Waals surface area contributed by atoms with E-state index in [0.717, 1.165) is 5.69 Å². The van der Waals surface area contributed by atoms with Crippen LogP contribution < -0.4 is 15.9 Å². The van der Waals surface area contributed by atoms with Gasteiger partial charge >= 0.3 is 0 Å². The van der Waals surface area contributed by atoms with Crippen LogP contribution in [0.1, 0.15) is 0 Å². The van der Waals surface area contributed by atoms with Gasteiger partial charge in [0.2, 0.25) is 5.96 Å². The molecule has 0 aromatic heterocycles. The summed E-state index contributed by atoms with van der Waals surface area (Å²) >= 11 is 0. The van der Waals surface area contributed by atoms with Gasteiger partial charge in [-0.1, -0.05) is 12.1 Å². The second-order valence-corrected chi connectivity index (χ2v) is 3.08. The standard InChI is InChI=1S/C9H12N4O2/c14-6-5-10-9-11-7-3-1-2-4-8(7)13(15)12-9/h1-4,13-14H,5-6H2,(H2,10,11,12). The van der Waals surface area contributed by atoms with Crippen molar-refractivity contribution in [3.8, 4) is 0 Å². The molecular weight excluding hydrogens is 196 g/mol. The molecule has 0 amide bonds. The van der Waals surface area contributed by atoms with E-state index in [-0.39, 0.29) is 18.3 Å². The minimum absolute atomic E-state index is 0.0390. The highest BCUT2D eigenvalue weighted by Crippen LogP contribution is 2.17. The lowest BCUT2D eigenvalue weighted by Crippen LogP contribution is -3.11. The third-order valence-corrected chi connectivity index (χ3v) is 2.03. The predicted octanol–water partition coefficient (Wildman–Crippen LogP) is -1.02. The van der Waals surface area contributed by atoms with Crippen molar-refractivity contribution in [1.29, 1.82) is 0 Å². The Labute approximate surface area is 86.8 Å². The number of nitrogens with zero attached hydrogens (tertiary/aromatic N) is 1.